The Morgan fingerprint density at radius 3 is 2.58 bits per heavy atom. The van der Waals surface area contributed by atoms with E-state index in [4.69, 9.17) is 16.3 Å². The van der Waals surface area contributed by atoms with Crippen molar-refractivity contribution in [3.8, 4) is 0 Å². The normalized spacial score (nSPS) is 29.1. The van der Waals surface area contributed by atoms with Crippen molar-refractivity contribution >= 4 is 35.0 Å². The van der Waals surface area contributed by atoms with Crippen molar-refractivity contribution in [2.45, 2.75) is 76.2 Å². The summed E-state index contributed by atoms with van der Waals surface area (Å²) in [6.07, 6.45) is 8.86. The van der Waals surface area contributed by atoms with Crippen LogP contribution in [-0.2, 0) is 25.5 Å². The van der Waals surface area contributed by atoms with E-state index in [1.54, 1.807) is 4.90 Å². The third-order valence-corrected chi connectivity index (χ3v) is 9.60. The Labute approximate surface area is 240 Å². The quantitative estimate of drug-likeness (QED) is 0.478. The number of carbonyl (C=O) groups is 3. The minimum atomic E-state index is -1.17. The lowest BCUT2D eigenvalue weighted by Gasteiger charge is -2.34. The molecule has 2 bridgehead atoms. The van der Waals surface area contributed by atoms with Gasteiger partial charge in [0.1, 0.15) is 11.6 Å². The van der Waals surface area contributed by atoms with Crippen LogP contribution in [0.2, 0.25) is 5.02 Å². The third kappa shape index (κ3) is 4.63. The lowest BCUT2D eigenvalue weighted by atomic mass is 9.74. The summed E-state index contributed by atoms with van der Waals surface area (Å²) < 4.78 is 6.48. The summed E-state index contributed by atoms with van der Waals surface area (Å²) in [6, 6.07) is 12.5. The molecule has 40 heavy (non-hydrogen) atoms. The SMILES string of the molecule is Cc1ccc(NC(=O)C2[C@@H]3C=CC4(O3)C(C(=O)NC3CCCCC3)N(CCc3ccccc3Cl)C(=O)[C@H]24)cc1C. The fourth-order valence-electron chi connectivity index (χ4n) is 7.02. The molecule has 2 aromatic rings. The highest BCUT2D eigenvalue weighted by molar-refractivity contribution is 6.31. The van der Waals surface area contributed by atoms with Crippen molar-refractivity contribution in [1.29, 1.82) is 0 Å². The van der Waals surface area contributed by atoms with Crippen LogP contribution in [0.15, 0.2) is 54.6 Å². The van der Waals surface area contributed by atoms with Crippen LogP contribution in [-0.4, -0.2) is 53.0 Å². The number of nitrogens with one attached hydrogen (secondary N) is 2. The topological polar surface area (TPSA) is 87.7 Å². The molecule has 2 saturated heterocycles. The monoisotopic (exact) mass is 561 g/mol. The number of aryl methyl sites for hydroxylation is 2. The molecule has 7 nitrogen and oxygen atoms in total. The van der Waals surface area contributed by atoms with Gasteiger partial charge in [-0.25, -0.2) is 0 Å². The molecule has 210 valence electrons. The summed E-state index contributed by atoms with van der Waals surface area (Å²) in [7, 11) is 0. The molecule has 3 amide bonds. The molecule has 3 unspecified atom stereocenters. The molecule has 2 aromatic carbocycles. The van der Waals surface area contributed by atoms with Crippen molar-refractivity contribution in [3.05, 3.63) is 76.3 Å². The van der Waals surface area contributed by atoms with Gasteiger partial charge in [-0.05, 0) is 68.0 Å². The zero-order valence-corrected chi connectivity index (χ0v) is 23.7. The van der Waals surface area contributed by atoms with Gasteiger partial charge in [0.05, 0.1) is 17.9 Å². The smallest absolute Gasteiger partial charge is 0.246 e. The fraction of sp³-hybridized carbons (Fsp3) is 0.469. The van der Waals surface area contributed by atoms with Crippen molar-refractivity contribution < 1.29 is 19.1 Å². The molecular weight excluding hydrogens is 526 g/mol. The highest BCUT2D eigenvalue weighted by Gasteiger charge is 2.72. The Bertz CT molecular complexity index is 1370. The van der Waals surface area contributed by atoms with E-state index in [2.05, 4.69) is 10.6 Å². The summed E-state index contributed by atoms with van der Waals surface area (Å²) in [6.45, 7) is 4.32. The number of nitrogens with zero attached hydrogens (tertiary/aromatic N) is 1. The number of anilines is 1. The minimum Gasteiger partial charge on any atom is -0.359 e. The number of likely N-dealkylation sites (tertiary alicyclic amines) is 1. The Kier molecular flexibility index (Phi) is 7.21. The van der Waals surface area contributed by atoms with Gasteiger partial charge in [0, 0.05) is 23.3 Å². The molecule has 8 heteroatoms. The number of benzene rings is 2. The van der Waals surface area contributed by atoms with E-state index in [1.165, 1.54) is 6.42 Å². The molecule has 3 heterocycles. The van der Waals surface area contributed by atoms with E-state index < -0.39 is 29.6 Å². The fourth-order valence-corrected chi connectivity index (χ4v) is 7.25. The van der Waals surface area contributed by atoms with Crippen LogP contribution < -0.4 is 10.6 Å². The lowest BCUT2D eigenvalue weighted by Crippen LogP contribution is -2.56. The average molecular weight is 562 g/mol. The zero-order valence-electron chi connectivity index (χ0n) is 23.0. The van der Waals surface area contributed by atoms with E-state index in [-0.39, 0.29) is 23.8 Å². The maximum Gasteiger partial charge on any atom is 0.246 e. The van der Waals surface area contributed by atoms with E-state index in [1.807, 2.05) is 68.5 Å². The molecule has 4 aliphatic rings. The number of carbonyl (C=O) groups excluding carboxylic acids is 3. The highest BCUT2D eigenvalue weighted by atomic mass is 35.5. The second-order valence-corrected chi connectivity index (χ2v) is 12.1. The third-order valence-electron chi connectivity index (χ3n) is 9.23. The van der Waals surface area contributed by atoms with E-state index in [0.29, 0.717) is 23.7 Å². The van der Waals surface area contributed by atoms with E-state index in [9.17, 15) is 14.4 Å². The van der Waals surface area contributed by atoms with Crippen molar-refractivity contribution in [2.75, 3.05) is 11.9 Å². The van der Waals surface area contributed by atoms with Crippen LogP contribution >= 0.6 is 11.6 Å². The van der Waals surface area contributed by atoms with Crippen LogP contribution in [0.5, 0.6) is 0 Å². The van der Waals surface area contributed by atoms with Crippen LogP contribution in [0.25, 0.3) is 0 Å². The Hall–Kier alpha value is -3.16. The predicted molar refractivity (Wildman–Crippen MR) is 154 cm³/mol. The molecule has 1 aliphatic carbocycles. The maximum absolute atomic E-state index is 14.2. The first-order valence-corrected chi connectivity index (χ1v) is 14.8. The second-order valence-electron chi connectivity index (χ2n) is 11.7. The molecule has 6 rings (SSSR count). The predicted octanol–water partition coefficient (Wildman–Crippen LogP) is 4.74. The van der Waals surface area contributed by atoms with Crippen LogP contribution in [0.1, 0.15) is 48.8 Å². The molecular formula is C32H36ClN3O4. The molecule has 3 fully saturated rings. The van der Waals surface area contributed by atoms with Gasteiger partial charge in [0.2, 0.25) is 17.7 Å². The first-order valence-electron chi connectivity index (χ1n) is 14.4. The number of rotatable bonds is 7. The van der Waals surface area contributed by atoms with Gasteiger partial charge in [-0.1, -0.05) is 67.3 Å². The van der Waals surface area contributed by atoms with Gasteiger partial charge >= 0.3 is 0 Å². The average Bonchev–Trinajstić information content (AvgIpc) is 3.58. The molecule has 0 aromatic heterocycles. The number of amides is 3. The van der Waals surface area contributed by atoms with Gasteiger partial charge in [-0.3, -0.25) is 14.4 Å². The van der Waals surface area contributed by atoms with Crippen LogP contribution in [0.3, 0.4) is 0 Å². The van der Waals surface area contributed by atoms with Gasteiger partial charge in [-0.15, -0.1) is 0 Å². The first kappa shape index (κ1) is 27.0. The van der Waals surface area contributed by atoms with Crippen LogP contribution in [0, 0.1) is 25.7 Å². The maximum atomic E-state index is 14.2. The molecule has 5 atom stereocenters. The molecule has 2 N–H and O–H groups in total. The molecule has 0 radical (unpaired) electrons. The number of fused-ring (bicyclic) bond motifs is 1. The minimum absolute atomic E-state index is 0.0867. The number of hydrogen-bond donors (Lipinski definition) is 2. The van der Waals surface area contributed by atoms with Gasteiger partial charge in [0.15, 0.2) is 0 Å². The number of halogens is 1. The van der Waals surface area contributed by atoms with Gasteiger partial charge in [0.25, 0.3) is 0 Å². The molecule has 1 spiro atoms. The van der Waals surface area contributed by atoms with Crippen molar-refractivity contribution in [2.24, 2.45) is 11.8 Å². The Morgan fingerprint density at radius 1 is 1.05 bits per heavy atom. The number of ether oxygens (including phenoxy) is 1. The summed E-state index contributed by atoms with van der Waals surface area (Å²) >= 11 is 6.42. The second kappa shape index (κ2) is 10.7. The Balaban J connectivity index is 1.30. The summed E-state index contributed by atoms with van der Waals surface area (Å²) in [5.41, 5.74) is 2.62. The van der Waals surface area contributed by atoms with E-state index in [0.717, 1.165) is 42.4 Å². The first-order chi connectivity index (χ1) is 19.3. The molecule has 3 aliphatic heterocycles. The number of hydrogen-bond acceptors (Lipinski definition) is 4. The standard InChI is InChI=1S/C32H36ClN3O4/c1-19-12-13-23(18-20(19)2)35-29(37)26-25-14-16-32(40-25)27(26)31(39)36(17-15-21-8-6-7-11-24(21)33)28(32)30(38)34-22-9-4-3-5-10-22/h6-8,11-14,16,18,22,25-28H,3-5,9-10,15,17H2,1-2H3,(H,34,38)(H,35,37)/t25-,26?,27-,28?,32?/m0/s1. The molecule has 1 saturated carbocycles. The largest absolute Gasteiger partial charge is 0.359 e. The van der Waals surface area contributed by atoms with Gasteiger partial charge < -0.3 is 20.3 Å². The summed E-state index contributed by atoms with van der Waals surface area (Å²) in [5, 5.41) is 6.87. The van der Waals surface area contributed by atoms with Crippen molar-refractivity contribution in [1.82, 2.24) is 10.2 Å². The Morgan fingerprint density at radius 2 is 1.82 bits per heavy atom. The lowest BCUT2D eigenvalue weighted by molar-refractivity contribution is -0.141. The van der Waals surface area contributed by atoms with Crippen molar-refractivity contribution in [3.63, 3.8) is 0 Å². The van der Waals surface area contributed by atoms with Crippen LogP contribution in [0.4, 0.5) is 5.69 Å². The summed E-state index contributed by atoms with van der Waals surface area (Å²) in [5.74, 6) is -2.20. The van der Waals surface area contributed by atoms with Gasteiger partial charge in [-0.2, -0.15) is 0 Å². The highest BCUT2D eigenvalue weighted by Crippen LogP contribution is 2.55. The summed E-state index contributed by atoms with van der Waals surface area (Å²) in [4.78, 5) is 43.5. The van der Waals surface area contributed by atoms with E-state index >= 15 is 0 Å². The zero-order chi connectivity index (χ0) is 28.0.